The summed E-state index contributed by atoms with van der Waals surface area (Å²) in [7, 11) is -1.87. The third-order valence-corrected chi connectivity index (χ3v) is 7.20. The molecule has 1 aromatic heterocycles. The van der Waals surface area contributed by atoms with Gasteiger partial charge in [0, 0.05) is 32.1 Å². The highest BCUT2D eigenvalue weighted by atomic mass is 35.5. The number of hydrogen-bond donors (Lipinski definition) is 3. The molecule has 1 unspecified atom stereocenters. The topological polar surface area (TPSA) is 91.8 Å². The largest absolute Gasteiger partial charge is 0.493 e. The number of halogens is 1. The van der Waals surface area contributed by atoms with E-state index in [1.54, 1.807) is 13.1 Å². The van der Waals surface area contributed by atoms with Crippen LogP contribution in [0.1, 0.15) is 18.0 Å². The number of aliphatic imine (C=N–C) groups is 1. The molecule has 0 saturated heterocycles. The minimum Gasteiger partial charge on any atom is -0.493 e. The van der Waals surface area contributed by atoms with Crippen molar-refractivity contribution in [2.24, 2.45) is 4.99 Å². The van der Waals surface area contributed by atoms with Crippen LogP contribution in [0.15, 0.2) is 45.6 Å². The Labute approximate surface area is 167 Å². The van der Waals surface area contributed by atoms with Crippen molar-refractivity contribution < 1.29 is 13.2 Å². The lowest BCUT2D eigenvalue weighted by Gasteiger charge is -2.28. The molecule has 10 heteroatoms. The van der Waals surface area contributed by atoms with Crippen LogP contribution < -0.4 is 20.1 Å². The first-order valence-corrected chi connectivity index (χ1v) is 11.1. The lowest BCUT2D eigenvalue weighted by atomic mass is 10.0. The van der Waals surface area contributed by atoms with Crippen LogP contribution in [0, 0.1) is 0 Å². The molecule has 27 heavy (non-hydrogen) atoms. The van der Waals surface area contributed by atoms with Gasteiger partial charge in [0.2, 0.25) is 10.0 Å². The first-order valence-electron chi connectivity index (χ1n) is 8.43. The van der Waals surface area contributed by atoms with Crippen LogP contribution in [0.4, 0.5) is 0 Å². The van der Waals surface area contributed by atoms with Gasteiger partial charge in [-0.3, -0.25) is 4.99 Å². The molecule has 1 atom stereocenters. The zero-order valence-corrected chi connectivity index (χ0v) is 17.1. The summed E-state index contributed by atoms with van der Waals surface area (Å²) in [6.45, 7) is 1.25. The summed E-state index contributed by atoms with van der Waals surface area (Å²) >= 11 is 6.82. The van der Waals surface area contributed by atoms with Gasteiger partial charge in [0.25, 0.3) is 0 Å². The van der Waals surface area contributed by atoms with Gasteiger partial charge in [-0.2, -0.15) is 0 Å². The van der Waals surface area contributed by atoms with E-state index in [0.29, 0.717) is 23.4 Å². The predicted octanol–water partition coefficient (Wildman–Crippen LogP) is 2.37. The summed E-state index contributed by atoms with van der Waals surface area (Å²) in [4.78, 5) is 4.21. The third kappa shape index (κ3) is 5.13. The highest BCUT2D eigenvalue weighted by Crippen LogP contribution is 2.31. The van der Waals surface area contributed by atoms with Crippen LogP contribution in [0.25, 0.3) is 0 Å². The molecule has 1 aromatic carbocycles. The van der Waals surface area contributed by atoms with E-state index in [2.05, 4.69) is 20.3 Å². The maximum atomic E-state index is 12.2. The van der Waals surface area contributed by atoms with Gasteiger partial charge in [0.05, 0.1) is 17.0 Å². The second-order valence-corrected chi connectivity index (χ2v) is 9.54. The van der Waals surface area contributed by atoms with Crippen molar-refractivity contribution in [2.75, 3.05) is 26.7 Å². The van der Waals surface area contributed by atoms with Crippen LogP contribution in [-0.2, 0) is 10.0 Å². The second-order valence-electron chi connectivity index (χ2n) is 5.83. The van der Waals surface area contributed by atoms with Crippen LogP contribution in [0.2, 0.25) is 4.34 Å². The molecule has 0 aliphatic carbocycles. The second kappa shape index (κ2) is 8.92. The summed E-state index contributed by atoms with van der Waals surface area (Å²) in [5, 5.41) is 6.49. The number of sulfonamides is 1. The Balaban J connectivity index is 1.50. The van der Waals surface area contributed by atoms with Crippen LogP contribution in [-0.4, -0.2) is 41.1 Å². The Hall–Kier alpha value is -1.81. The first kappa shape index (κ1) is 19.9. The van der Waals surface area contributed by atoms with Gasteiger partial charge in [-0.25, -0.2) is 13.1 Å². The molecule has 3 N–H and O–H groups in total. The number of fused-ring (bicyclic) bond motifs is 1. The van der Waals surface area contributed by atoms with Crippen LogP contribution >= 0.6 is 22.9 Å². The summed E-state index contributed by atoms with van der Waals surface area (Å²) in [5.41, 5.74) is 1.09. The molecular formula is C17H21ClN4O3S2. The molecule has 0 bridgehead atoms. The van der Waals surface area contributed by atoms with E-state index >= 15 is 0 Å². The van der Waals surface area contributed by atoms with E-state index in [4.69, 9.17) is 16.3 Å². The highest BCUT2D eigenvalue weighted by Gasteiger charge is 2.22. The Morgan fingerprint density at radius 2 is 2.11 bits per heavy atom. The maximum absolute atomic E-state index is 12.2. The number of nitrogens with zero attached hydrogens (tertiary/aromatic N) is 1. The van der Waals surface area contributed by atoms with E-state index in [1.165, 1.54) is 6.07 Å². The number of benzene rings is 1. The predicted molar refractivity (Wildman–Crippen MR) is 108 cm³/mol. The standard InChI is InChI=1S/C17H21ClN4O3S2/c1-19-17(22-13-8-11-25-14-5-3-2-4-12(13)14)20-9-10-21-27(23,24)16-7-6-15(18)26-16/h2-7,13,21H,8-11H2,1H3,(H2,19,20,22). The molecule has 0 amide bonds. The highest BCUT2D eigenvalue weighted by molar-refractivity contribution is 7.91. The molecule has 0 radical (unpaired) electrons. The van der Waals surface area contributed by atoms with E-state index in [9.17, 15) is 8.42 Å². The zero-order valence-electron chi connectivity index (χ0n) is 14.7. The van der Waals surface area contributed by atoms with Crippen LogP contribution in [0.5, 0.6) is 5.75 Å². The van der Waals surface area contributed by atoms with Crippen molar-refractivity contribution in [2.45, 2.75) is 16.7 Å². The molecule has 0 spiro atoms. The normalized spacial score (nSPS) is 17.1. The fourth-order valence-corrected chi connectivity index (χ4v) is 5.29. The molecule has 2 aromatic rings. The Bertz CT molecular complexity index is 914. The zero-order chi connectivity index (χ0) is 19.3. The molecule has 146 valence electrons. The first-order chi connectivity index (χ1) is 13.0. The Morgan fingerprint density at radius 3 is 2.85 bits per heavy atom. The van der Waals surface area contributed by atoms with E-state index < -0.39 is 10.0 Å². The smallest absolute Gasteiger partial charge is 0.250 e. The summed E-state index contributed by atoms with van der Waals surface area (Å²) in [5.74, 6) is 1.48. The molecule has 1 aliphatic heterocycles. The fourth-order valence-electron chi connectivity index (χ4n) is 2.73. The van der Waals surface area contributed by atoms with E-state index in [-0.39, 0.29) is 16.8 Å². The lowest BCUT2D eigenvalue weighted by Crippen LogP contribution is -2.43. The SMILES string of the molecule is CN=C(NCCNS(=O)(=O)c1ccc(Cl)s1)NC1CCOc2ccccc21. The Morgan fingerprint density at radius 1 is 1.30 bits per heavy atom. The number of ether oxygens (including phenoxy) is 1. The number of rotatable bonds is 6. The van der Waals surface area contributed by atoms with Crippen LogP contribution in [0.3, 0.4) is 0 Å². The van der Waals surface area contributed by atoms with Gasteiger partial charge < -0.3 is 15.4 Å². The number of thiophene rings is 1. The molecule has 0 saturated carbocycles. The third-order valence-electron chi connectivity index (χ3n) is 4.02. The minimum atomic E-state index is -3.54. The van der Waals surface area contributed by atoms with Gasteiger partial charge in [-0.1, -0.05) is 29.8 Å². The number of nitrogens with one attached hydrogen (secondary N) is 3. The lowest BCUT2D eigenvalue weighted by molar-refractivity contribution is 0.261. The molecule has 0 fully saturated rings. The van der Waals surface area contributed by atoms with Crippen molar-refractivity contribution in [3.05, 3.63) is 46.3 Å². The maximum Gasteiger partial charge on any atom is 0.250 e. The molecular weight excluding hydrogens is 408 g/mol. The number of para-hydroxylation sites is 1. The molecule has 7 nitrogen and oxygen atoms in total. The van der Waals surface area contributed by atoms with Gasteiger partial charge in [0.15, 0.2) is 5.96 Å². The van der Waals surface area contributed by atoms with Crippen molar-refractivity contribution in [3.63, 3.8) is 0 Å². The number of hydrogen-bond acceptors (Lipinski definition) is 5. The van der Waals surface area contributed by atoms with Gasteiger partial charge >= 0.3 is 0 Å². The van der Waals surface area contributed by atoms with Crippen molar-refractivity contribution in [1.29, 1.82) is 0 Å². The van der Waals surface area contributed by atoms with Gasteiger partial charge in [0.1, 0.15) is 9.96 Å². The fraction of sp³-hybridized carbons (Fsp3) is 0.353. The number of guanidine groups is 1. The van der Waals surface area contributed by atoms with Crippen molar-refractivity contribution in [1.82, 2.24) is 15.4 Å². The van der Waals surface area contributed by atoms with Crippen molar-refractivity contribution in [3.8, 4) is 5.75 Å². The van der Waals surface area contributed by atoms with Crippen molar-refractivity contribution >= 4 is 38.9 Å². The monoisotopic (exact) mass is 428 g/mol. The molecule has 3 rings (SSSR count). The Kier molecular flexibility index (Phi) is 6.59. The van der Waals surface area contributed by atoms with E-state index in [1.807, 2.05) is 24.3 Å². The average molecular weight is 429 g/mol. The quantitative estimate of drug-likeness (QED) is 0.373. The summed E-state index contributed by atoms with van der Waals surface area (Å²) in [6.07, 6.45) is 0.823. The average Bonchev–Trinajstić information content (AvgIpc) is 3.12. The van der Waals surface area contributed by atoms with Gasteiger partial charge in [-0.15, -0.1) is 11.3 Å². The summed E-state index contributed by atoms with van der Waals surface area (Å²) in [6, 6.07) is 11.0. The summed E-state index contributed by atoms with van der Waals surface area (Å²) < 4.78 is 33.2. The minimum absolute atomic E-state index is 0.0890. The molecule has 1 aliphatic rings. The van der Waals surface area contributed by atoms with E-state index in [0.717, 1.165) is 29.1 Å². The van der Waals surface area contributed by atoms with Gasteiger partial charge in [-0.05, 0) is 18.2 Å². The molecule has 2 heterocycles.